The minimum Gasteiger partial charge on any atom is -0.484 e. The van der Waals surface area contributed by atoms with Crippen LogP contribution in [0.1, 0.15) is 34.8 Å². The van der Waals surface area contributed by atoms with Gasteiger partial charge in [-0.15, -0.1) is 11.3 Å². The second kappa shape index (κ2) is 7.55. The number of ether oxygens (including phenoxy) is 2. The van der Waals surface area contributed by atoms with Crippen LogP contribution in [0.3, 0.4) is 0 Å². The topological polar surface area (TPSA) is 89.5 Å². The number of carbonyl (C=O) groups excluding carboxylic acids is 2. The Morgan fingerprint density at radius 1 is 1.28 bits per heavy atom. The van der Waals surface area contributed by atoms with Crippen LogP contribution in [0.4, 0.5) is 4.39 Å². The van der Waals surface area contributed by atoms with E-state index in [1.165, 1.54) is 23.5 Å². The van der Waals surface area contributed by atoms with Gasteiger partial charge in [-0.1, -0.05) is 11.6 Å². The SMILES string of the molecule is COCc1nc(C(=O)NC23CC(NC(=O)COc4ccc(Cl)c(F)c4)(C2)C3)cs1. The summed E-state index contributed by atoms with van der Waals surface area (Å²) in [4.78, 5) is 28.8. The van der Waals surface area contributed by atoms with E-state index in [0.29, 0.717) is 31.6 Å². The number of rotatable bonds is 8. The molecule has 3 fully saturated rings. The zero-order valence-corrected chi connectivity index (χ0v) is 17.2. The van der Waals surface area contributed by atoms with E-state index in [0.717, 1.165) is 11.1 Å². The lowest BCUT2D eigenvalue weighted by atomic mass is 9.44. The van der Waals surface area contributed by atoms with E-state index in [2.05, 4.69) is 15.6 Å². The van der Waals surface area contributed by atoms with Gasteiger partial charge >= 0.3 is 0 Å². The van der Waals surface area contributed by atoms with Gasteiger partial charge < -0.3 is 20.1 Å². The molecule has 3 aliphatic carbocycles. The van der Waals surface area contributed by atoms with Crippen LogP contribution in [0.15, 0.2) is 23.6 Å². The van der Waals surface area contributed by atoms with E-state index >= 15 is 0 Å². The van der Waals surface area contributed by atoms with E-state index in [1.54, 1.807) is 12.5 Å². The molecule has 7 nitrogen and oxygen atoms in total. The second-order valence-corrected chi connectivity index (χ2v) is 8.87. The molecule has 1 heterocycles. The summed E-state index contributed by atoms with van der Waals surface area (Å²) in [5, 5.41) is 8.43. The Hall–Kier alpha value is -2.23. The third kappa shape index (κ3) is 4.08. The predicted octanol–water partition coefficient (Wildman–Crippen LogP) is 2.68. The molecule has 0 radical (unpaired) electrons. The molecule has 5 rings (SSSR count). The first-order valence-electron chi connectivity index (χ1n) is 8.97. The number of methoxy groups -OCH3 is 1. The number of nitrogens with one attached hydrogen (secondary N) is 2. The first kappa shape index (κ1) is 20.1. The minimum atomic E-state index is -0.601. The van der Waals surface area contributed by atoms with Gasteiger partial charge in [-0.2, -0.15) is 0 Å². The zero-order chi connectivity index (χ0) is 20.6. The molecule has 0 unspecified atom stereocenters. The maximum Gasteiger partial charge on any atom is 0.271 e. The Labute approximate surface area is 175 Å². The van der Waals surface area contributed by atoms with Gasteiger partial charge in [-0.3, -0.25) is 9.59 Å². The number of nitrogens with zero attached hydrogens (tertiary/aromatic N) is 1. The van der Waals surface area contributed by atoms with Crippen LogP contribution in [-0.2, 0) is 16.1 Å². The highest BCUT2D eigenvalue weighted by Gasteiger charge is 2.69. The van der Waals surface area contributed by atoms with E-state index in [4.69, 9.17) is 21.1 Å². The molecule has 29 heavy (non-hydrogen) atoms. The highest BCUT2D eigenvalue weighted by atomic mass is 35.5. The van der Waals surface area contributed by atoms with Crippen LogP contribution in [0, 0.1) is 5.82 Å². The molecule has 10 heteroatoms. The summed E-state index contributed by atoms with van der Waals surface area (Å²) in [6.45, 7) is 0.159. The van der Waals surface area contributed by atoms with Crippen molar-refractivity contribution in [3.63, 3.8) is 0 Å². The molecule has 0 saturated heterocycles. The molecule has 0 aliphatic heterocycles. The summed E-state index contributed by atoms with van der Waals surface area (Å²) in [5.41, 5.74) is -0.203. The van der Waals surface area contributed by atoms with Gasteiger partial charge in [0.1, 0.15) is 22.3 Å². The second-order valence-electron chi connectivity index (χ2n) is 7.52. The molecule has 2 N–H and O–H groups in total. The van der Waals surface area contributed by atoms with Crippen molar-refractivity contribution in [3.05, 3.63) is 45.1 Å². The number of halogens is 2. The number of amides is 2. The predicted molar refractivity (Wildman–Crippen MR) is 105 cm³/mol. The van der Waals surface area contributed by atoms with Crippen LogP contribution < -0.4 is 15.4 Å². The van der Waals surface area contributed by atoms with Gasteiger partial charge in [-0.05, 0) is 31.4 Å². The molecule has 0 atom stereocenters. The smallest absolute Gasteiger partial charge is 0.271 e. The van der Waals surface area contributed by atoms with Gasteiger partial charge in [-0.25, -0.2) is 9.37 Å². The third-order valence-electron chi connectivity index (χ3n) is 5.13. The first-order valence-corrected chi connectivity index (χ1v) is 10.2. The summed E-state index contributed by atoms with van der Waals surface area (Å²) < 4.78 is 23.7. The summed E-state index contributed by atoms with van der Waals surface area (Å²) in [7, 11) is 1.58. The Balaban J connectivity index is 1.22. The van der Waals surface area contributed by atoms with E-state index in [1.807, 2.05) is 0 Å². The molecule has 1 aromatic heterocycles. The third-order valence-corrected chi connectivity index (χ3v) is 6.26. The fourth-order valence-corrected chi connectivity index (χ4v) is 4.87. The van der Waals surface area contributed by atoms with Crippen LogP contribution in [0.25, 0.3) is 0 Å². The largest absolute Gasteiger partial charge is 0.484 e. The maximum absolute atomic E-state index is 13.4. The van der Waals surface area contributed by atoms with Gasteiger partial charge in [0, 0.05) is 29.6 Å². The normalized spacial score (nSPS) is 24.2. The van der Waals surface area contributed by atoms with Gasteiger partial charge in [0.15, 0.2) is 6.61 Å². The monoisotopic (exact) mass is 439 g/mol. The molecule has 2 aromatic rings. The molecular weight excluding hydrogens is 421 g/mol. The van der Waals surface area contributed by atoms with Crippen molar-refractivity contribution < 1.29 is 23.5 Å². The van der Waals surface area contributed by atoms with E-state index < -0.39 is 5.82 Å². The Morgan fingerprint density at radius 2 is 2.00 bits per heavy atom. The van der Waals surface area contributed by atoms with Crippen LogP contribution >= 0.6 is 22.9 Å². The molecule has 154 valence electrons. The highest BCUT2D eigenvalue weighted by Crippen LogP contribution is 2.60. The zero-order valence-electron chi connectivity index (χ0n) is 15.6. The average molecular weight is 440 g/mol. The fraction of sp³-hybridized carbons (Fsp3) is 0.421. The number of aromatic nitrogens is 1. The molecular formula is C19H19ClFN3O4S. The summed E-state index contributed by atoms with van der Waals surface area (Å²) in [5.74, 6) is -0.865. The lowest BCUT2D eigenvalue weighted by Crippen LogP contribution is -2.84. The summed E-state index contributed by atoms with van der Waals surface area (Å²) in [6.07, 6.45) is 2.01. The molecule has 1 aromatic carbocycles. The molecule has 2 bridgehead atoms. The van der Waals surface area contributed by atoms with Gasteiger partial charge in [0.2, 0.25) is 0 Å². The lowest BCUT2D eigenvalue weighted by molar-refractivity contribution is -0.141. The van der Waals surface area contributed by atoms with Crippen molar-refractivity contribution in [1.29, 1.82) is 0 Å². The maximum atomic E-state index is 13.4. The fourth-order valence-electron chi connectivity index (χ4n) is 4.01. The lowest BCUT2D eigenvalue weighted by Gasteiger charge is -2.70. The minimum absolute atomic E-state index is 0.00409. The molecule has 3 aliphatic rings. The number of hydrogen-bond acceptors (Lipinski definition) is 6. The quantitative estimate of drug-likeness (QED) is 0.660. The number of benzene rings is 1. The van der Waals surface area contributed by atoms with Gasteiger partial charge in [0.25, 0.3) is 11.8 Å². The number of carbonyl (C=O) groups is 2. The average Bonchev–Trinajstić information content (AvgIpc) is 3.09. The Morgan fingerprint density at radius 3 is 2.69 bits per heavy atom. The van der Waals surface area contributed by atoms with Crippen molar-refractivity contribution in [1.82, 2.24) is 15.6 Å². The van der Waals surface area contributed by atoms with E-state index in [9.17, 15) is 14.0 Å². The standard InChI is InChI=1S/C19H19ClFN3O4S/c1-27-6-16-22-14(7-29-16)17(26)24-19-8-18(9-19,10-19)23-15(25)5-28-11-2-3-12(20)13(21)4-11/h2-4,7H,5-6,8-10H2,1H3,(H,23,25)(H,24,26). The summed E-state index contributed by atoms with van der Waals surface area (Å²) >= 11 is 7.00. The van der Waals surface area contributed by atoms with Crippen molar-refractivity contribution in [3.8, 4) is 5.75 Å². The highest BCUT2D eigenvalue weighted by molar-refractivity contribution is 7.09. The molecule has 2 amide bonds. The van der Waals surface area contributed by atoms with Crippen LogP contribution in [0.2, 0.25) is 5.02 Å². The van der Waals surface area contributed by atoms with Crippen LogP contribution in [-0.4, -0.2) is 41.6 Å². The van der Waals surface area contributed by atoms with Crippen molar-refractivity contribution >= 4 is 34.8 Å². The van der Waals surface area contributed by atoms with Crippen molar-refractivity contribution in [2.75, 3.05) is 13.7 Å². The number of hydrogen-bond donors (Lipinski definition) is 2. The van der Waals surface area contributed by atoms with Crippen LogP contribution in [0.5, 0.6) is 5.75 Å². The molecule has 3 saturated carbocycles. The Kier molecular flexibility index (Phi) is 5.22. The Bertz CT molecular complexity index is 947. The van der Waals surface area contributed by atoms with E-state index in [-0.39, 0.29) is 40.3 Å². The first-order chi connectivity index (χ1) is 13.8. The molecule has 0 spiro atoms. The van der Waals surface area contributed by atoms with Crippen molar-refractivity contribution in [2.24, 2.45) is 0 Å². The summed E-state index contributed by atoms with van der Waals surface area (Å²) in [6, 6.07) is 4.01. The van der Waals surface area contributed by atoms with Gasteiger partial charge in [0.05, 0.1) is 11.6 Å². The van der Waals surface area contributed by atoms with Crippen molar-refractivity contribution in [2.45, 2.75) is 36.9 Å². The number of thiazole rings is 1.